The second-order valence-electron chi connectivity index (χ2n) is 8.36. The first-order valence-electron chi connectivity index (χ1n) is 11.1. The van der Waals surface area contributed by atoms with Crippen LogP contribution in [0.2, 0.25) is 0 Å². The molecule has 1 fully saturated rings. The third-order valence-electron chi connectivity index (χ3n) is 5.91. The molecule has 0 saturated carbocycles. The van der Waals surface area contributed by atoms with Crippen molar-refractivity contribution in [3.05, 3.63) is 59.8 Å². The Morgan fingerprint density at radius 3 is 2.50 bits per heavy atom. The number of halogens is 2. The van der Waals surface area contributed by atoms with Gasteiger partial charge in [0.25, 0.3) is 0 Å². The normalized spacial score (nSPS) is 15.1. The summed E-state index contributed by atoms with van der Waals surface area (Å²) in [5.41, 5.74) is 2.53. The number of anilines is 3. The first kappa shape index (κ1) is 22.6. The number of thiazole rings is 1. The van der Waals surface area contributed by atoms with Crippen LogP contribution < -0.4 is 10.6 Å². The Bertz CT molecular complexity index is 1300. The fraction of sp³-hybridized carbons (Fsp3) is 0.292. The number of pyridine rings is 2. The number of nitrogens with zero attached hydrogens (tertiary/aromatic N) is 5. The lowest BCUT2D eigenvalue weighted by Crippen LogP contribution is -2.43. The molecule has 1 saturated heterocycles. The second kappa shape index (κ2) is 9.57. The van der Waals surface area contributed by atoms with Gasteiger partial charge in [0.05, 0.1) is 0 Å². The van der Waals surface area contributed by atoms with Crippen molar-refractivity contribution in [1.82, 2.24) is 24.8 Å². The quantitative estimate of drug-likeness (QED) is 0.418. The van der Waals surface area contributed by atoms with Crippen molar-refractivity contribution < 1.29 is 8.78 Å². The molecule has 176 valence electrons. The maximum atomic E-state index is 14.5. The van der Waals surface area contributed by atoms with Gasteiger partial charge in [0, 0.05) is 63.2 Å². The minimum atomic E-state index is -0.644. The summed E-state index contributed by atoms with van der Waals surface area (Å²) in [4.78, 5) is 19.2. The highest BCUT2D eigenvalue weighted by Gasteiger charge is 2.17. The Kier molecular flexibility index (Phi) is 6.36. The van der Waals surface area contributed by atoms with Crippen LogP contribution in [-0.2, 0) is 6.54 Å². The summed E-state index contributed by atoms with van der Waals surface area (Å²) in [5, 5.41) is 6.82. The van der Waals surface area contributed by atoms with E-state index in [1.807, 2.05) is 12.3 Å². The van der Waals surface area contributed by atoms with Gasteiger partial charge in [-0.2, -0.15) is 0 Å². The summed E-state index contributed by atoms with van der Waals surface area (Å²) in [7, 11) is 3.89. The monoisotopic (exact) mass is 481 g/mol. The van der Waals surface area contributed by atoms with E-state index in [0.717, 1.165) is 44.4 Å². The molecule has 4 heterocycles. The van der Waals surface area contributed by atoms with Crippen LogP contribution in [0, 0.1) is 11.6 Å². The Labute approximate surface area is 200 Å². The van der Waals surface area contributed by atoms with Crippen LogP contribution in [0.4, 0.5) is 25.5 Å². The number of aromatic nitrogens is 3. The largest absolute Gasteiger partial charge is 0.373 e. The molecule has 7 nitrogen and oxygen atoms in total. The van der Waals surface area contributed by atoms with Gasteiger partial charge < -0.3 is 15.5 Å². The zero-order chi connectivity index (χ0) is 23.7. The molecule has 10 heteroatoms. The molecule has 0 unspecified atom stereocenters. The lowest BCUT2D eigenvalue weighted by atomic mass is 10.1. The molecule has 0 radical (unpaired) electrons. The summed E-state index contributed by atoms with van der Waals surface area (Å²) in [6, 6.07) is 9.25. The molecule has 0 bridgehead atoms. The SMILES string of the molecule is CNc1cc(-c2ccc(F)cc2F)c2nc(Nc3ccc(CN4CCN(C)CC4)cn3)sc2n1. The van der Waals surface area contributed by atoms with Crippen molar-refractivity contribution in [3.8, 4) is 11.1 Å². The lowest BCUT2D eigenvalue weighted by molar-refractivity contribution is 0.148. The smallest absolute Gasteiger partial charge is 0.190 e. The number of rotatable bonds is 6. The maximum Gasteiger partial charge on any atom is 0.190 e. The molecule has 4 aromatic rings. The molecule has 1 aliphatic heterocycles. The van der Waals surface area contributed by atoms with Crippen LogP contribution in [0.15, 0.2) is 42.6 Å². The van der Waals surface area contributed by atoms with Crippen molar-refractivity contribution in [2.24, 2.45) is 0 Å². The molecular weight excluding hydrogens is 456 g/mol. The standard InChI is InChI=1S/C24H25F2N7S/c1-27-21-12-18(17-5-4-16(25)11-19(17)26)22-23(29-21)34-24(31-22)30-20-6-3-15(13-28-20)14-33-9-7-32(2)8-10-33/h3-6,11-13H,7-10,14H2,1-2H3,(H,27,29)(H,28,30,31). The zero-order valence-electron chi connectivity index (χ0n) is 19.0. The van der Waals surface area contributed by atoms with Gasteiger partial charge in [0.2, 0.25) is 0 Å². The number of likely N-dealkylation sites (N-methyl/N-ethyl adjacent to an activating group) is 1. The summed E-state index contributed by atoms with van der Waals surface area (Å²) >= 11 is 1.35. The van der Waals surface area contributed by atoms with E-state index >= 15 is 0 Å². The third kappa shape index (κ3) is 4.84. The van der Waals surface area contributed by atoms with Gasteiger partial charge in [0.1, 0.15) is 33.6 Å². The van der Waals surface area contributed by atoms with Crippen LogP contribution in [0.25, 0.3) is 21.5 Å². The van der Waals surface area contributed by atoms with Gasteiger partial charge in [-0.3, -0.25) is 4.90 Å². The topological polar surface area (TPSA) is 69.2 Å². The highest BCUT2D eigenvalue weighted by Crippen LogP contribution is 2.36. The molecular formula is C24H25F2N7S. The zero-order valence-corrected chi connectivity index (χ0v) is 19.8. The average molecular weight is 482 g/mol. The highest BCUT2D eigenvalue weighted by molar-refractivity contribution is 7.21. The van der Waals surface area contributed by atoms with Gasteiger partial charge in [-0.1, -0.05) is 17.4 Å². The number of fused-ring (bicyclic) bond motifs is 1. The van der Waals surface area contributed by atoms with Gasteiger partial charge >= 0.3 is 0 Å². The van der Waals surface area contributed by atoms with E-state index in [2.05, 4.69) is 48.5 Å². The number of piperazine rings is 1. The van der Waals surface area contributed by atoms with Gasteiger partial charge in [0.15, 0.2) is 5.13 Å². The van der Waals surface area contributed by atoms with Crippen molar-refractivity contribution in [3.63, 3.8) is 0 Å². The van der Waals surface area contributed by atoms with Crippen molar-refractivity contribution in [1.29, 1.82) is 0 Å². The summed E-state index contributed by atoms with van der Waals surface area (Å²) in [6.45, 7) is 5.16. The number of hydrogen-bond donors (Lipinski definition) is 2. The Balaban J connectivity index is 1.38. The van der Waals surface area contributed by atoms with E-state index in [0.29, 0.717) is 32.7 Å². The molecule has 5 rings (SSSR count). The minimum absolute atomic E-state index is 0.272. The van der Waals surface area contributed by atoms with E-state index in [9.17, 15) is 8.78 Å². The van der Waals surface area contributed by atoms with E-state index in [4.69, 9.17) is 0 Å². The van der Waals surface area contributed by atoms with Gasteiger partial charge in [-0.25, -0.2) is 23.7 Å². The van der Waals surface area contributed by atoms with E-state index < -0.39 is 11.6 Å². The maximum absolute atomic E-state index is 14.5. The summed E-state index contributed by atoms with van der Waals surface area (Å²) in [5.74, 6) is -0.0184. The van der Waals surface area contributed by atoms with E-state index in [1.54, 1.807) is 13.1 Å². The lowest BCUT2D eigenvalue weighted by Gasteiger charge is -2.32. The molecule has 1 aliphatic rings. The molecule has 3 aromatic heterocycles. The summed E-state index contributed by atoms with van der Waals surface area (Å²) < 4.78 is 28.0. The van der Waals surface area contributed by atoms with Gasteiger partial charge in [-0.15, -0.1) is 0 Å². The van der Waals surface area contributed by atoms with Crippen LogP contribution in [0.1, 0.15) is 5.56 Å². The molecule has 1 aromatic carbocycles. The molecule has 0 aliphatic carbocycles. The summed E-state index contributed by atoms with van der Waals surface area (Å²) in [6.07, 6.45) is 1.88. The van der Waals surface area contributed by atoms with Crippen molar-refractivity contribution in [2.75, 3.05) is 50.9 Å². The molecule has 0 spiro atoms. The van der Waals surface area contributed by atoms with E-state index in [1.165, 1.54) is 23.5 Å². The highest BCUT2D eigenvalue weighted by atomic mass is 32.1. The fourth-order valence-electron chi connectivity index (χ4n) is 3.97. The second-order valence-corrected chi connectivity index (χ2v) is 9.34. The van der Waals surface area contributed by atoms with Crippen LogP contribution in [0.3, 0.4) is 0 Å². The predicted molar refractivity (Wildman–Crippen MR) is 133 cm³/mol. The Morgan fingerprint density at radius 1 is 0.971 bits per heavy atom. The molecule has 0 atom stereocenters. The van der Waals surface area contributed by atoms with Crippen molar-refractivity contribution in [2.45, 2.75) is 6.54 Å². The molecule has 0 amide bonds. The van der Waals surface area contributed by atoms with Crippen LogP contribution >= 0.6 is 11.3 Å². The third-order valence-corrected chi connectivity index (χ3v) is 6.77. The predicted octanol–water partition coefficient (Wildman–Crippen LogP) is 4.56. The number of nitrogens with one attached hydrogen (secondary N) is 2. The molecule has 34 heavy (non-hydrogen) atoms. The van der Waals surface area contributed by atoms with E-state index in [-0.39, 0.29) is 5.56 Å². The van der Waals surface area contributed by atoms with Crippen LogP contribution in [0.5, 0.6) is 0 Å². The van der Waals surface area contributed by atoms with Gasteiger partial charge in [-0.05, 0) is 36.9 Å². The average Bonchev–Trinajstić information content (AvgIpc) is 3.23. The van der Waals surface area contributed by atoms with Crippen molar-refractivity contribution >= 4 is 38.5 Å². The fourth-order valence-corrected chi connectivity index (χ4v) is 4.84. The Hall–Kier alpha value is -3.21. The minimum Gasteiger partial charge on any atom is -0.373 e. The number of benzene rings is 1. The number of hydrogen-bond acceptors (Lipinski definition) is 8. The Morgan fingerprint density at radius 2 is 1.79 bits per heavy atom. The first-order valence-corrected chi connectivity index (χ1v) is 11.9. The molecule has 2 N–H and O–H groups in total. The first-order chi connectivity index (χ1) is 16.5. The van der Waals surface area contributed by atoms with Crippen LogP contribution in [-0.4, -0.2) is 65.0 Å².